The van der Waals surface area contributed by atoms with Crippen LogP contribution in [0.1, 0.15) is 112 Å². The van der Waals surface area contributed by atoms with Crippen molar-refractivity contribution in [3.63, 3.8) is 0 Å². The summed E-state index contributed by atoms with van der Waals surface area (Å²) in [5.41, 5.74) is 38.7. The van der Waals surface area contributed by atoms with E-state index in [-0.39, 0.29) is 36.4 Å². The van der Waals surface area contributed by atoms with Gasteiger partial charge in [-0.05, 0) is 225 Å². The zero-order chi connectivity index (χ0) is 64.2. The molecular weight excluding hydrogens is 1130 g/mol. The smallest absolute Gasteiger partial charge is 0.256 e. The highest BCUT2D eigenvalue weighted by Crippen LogP contribution is 2.52. The summed E-state index contributed by atoms with van der Waals surface area (Å²) in [4.78, 5) is 10.3. The van der Waals surface area contributed by atoms with Crippen molar-refractivity contribution in [2.45, 2.75) is 120 Å². The second-order valence-corrected chi connectivity index (χ2v) is 30.6. The molecule has 0 saturated heterocycles. The van der Waals surface area contributed by atoms with Crippen molar-refractivity contribution in [3.05, 3.63) is 244 Å². The van der Waals surface area contributed by atoms with Gasteiger partial charge in [-0.25, -0.2) is 0 Å². The third-order valence-corrected chi connectivity index (χ3v) is 21.1. The Balaban J connectivity index is 0.986. The van der Waals surface area contributed by atoms with E-state index in [1.165, 1.54) is 150 Å². The zero-order valence-electron chi connectivity index (χ0n) is 56.4. The fourth-order valence-electron chi connectivity index (χ4n) is 17.1. The fraction of sp³-hybridized carbons (Fsp3) is 0.214. The van der Waals surface area contributed by atoms with Crippen LogP contribution >= 0.6 is 0 Å². The van der Waals surface area contributed by atoms with Gasteiger partial charge < -0.3 is 29.7 Å². The highest BCUT2D eigenvalue weighted by atomic mass is 16.5. The van der Waals surface area contributed by atoms with Crippen molar-refractivity contribution in [1.29, 1.82) is 0 Å². The standard InChI is InChI=1S/C84H78B3N5O/c1-48-34-50(3)80(51(4)35-48)91-69-46-65-61(85-59-30-22-24-32-67(59)89(57-26-18-16-19-27-57)71-39-54(82(7,8)9)38-66(88-65)77(71)85)44-62(69)87-64-45-63-70(47-75(64)93-76-43-56(84(13,14)15)42-74(91)79(76)87)92(81-52(5)36-49(2)37-53(81)6)73-41-55(83(10,11)12)40-72-78(73)86(63)60-31-23-25-33-68(60)90(72)58-28-20-17-21-29-58/h16-47,88H,1-15H3. The molecule has 0 atom stereocenters. The molecule has 9 heteroatoms. The number of hydrogen-bond acceptors (Lipinski definition) is 6. The lowest BCUT2D eigenvalue weighted by Crippen LogP contribution is -2.65. The summed E-state index contributed by atoms with van der Waals surface area (Å²) >= 11 is 0. The van der Waals surface area contributed by atoms with Crippen molar-refractivity contribution >= 4 is 149 Å². The van der Waals surface area contributed by atoms with E-state index in [1.54, 1.807) is 0 Å². The Morgan fingerprint density at radius 3 is 1.20 bits per heavy atom. The third-order valence-electron chi connectivity index (χ3n) is 21.1. The molecule has 6 aliphatic rings. The van der Waals surface area contributed by atoms with Crippen LogP contribution < -0.4 is 78.8 Å². The summed E-state index contributed by atoms with van der Waals surface area (Å²) in [5, 5.41) is 4.25. The number of anilines is 14. The highest BCUT2D eigenvalue weighted by Gasteiger charge is 2.51. The van der Waals surface area contributed by atoms with E-state index in [9.17, 15) is 0 Å². The van der Waals surface area contributed by atoms with Crippen molar-refractivity contribution < 1.29 is 4.74 Å². The number of benzene rings is 11. The van der Waals surface area contributed by atoms with Gasteiger partial charge in [0, 0.05) is 74.3 Å². The molecule has 0 radical (unpaired) electrons. The number of para-hydroxylation sites is 4. The van der Waals surface area contributed by atoms with Gasteiger partial charge in [0.1, 0.15) is 11.5 Å². The van der Waals surface area contributed by atoms with E-state index in [4.69, 9.17) is 4.74 Å². The largest absolute Gasteiger partial charge is 0.458 e. The normalized spacial score (nSPS) is 14.4. The minimum absolute atomic E-state index is 0.0706. The molecule has 0 aliphatic carbocycles. The summed E-state index contributed by atoms with van der Waals surface area (Å²) in [5.74, 6) is 1.81. The van der Waals surface area contributed by atoms with Gasteiger partial charge in [0.25, 0.3) is 20.1 Å². The molecule has 17 rings (SSSR count). The first-order valence-corrected chi connectivity index (χ1v) is 33.5. The van der Waals surface area contributed by atoms with Crippen LogP contribution in [0.5, 0.6) is 11.5 Å². The van der Waals surface area contributed by atoms with Gasteiger partial charge in [-0.15, -0.1) is 0 Å². The molecule has 6 heterocycles. The topological polar surface area (TPSA) is 34.2 Å². The van der Waals surface area contributed by atoms with Gasteiger partial charge in [0.15, 0.2) is 0 Å². The Kier molecular flexibility index (Phi) is 12.3. The number of fused-ring (bicyclic) bond motifs is 12. The second-order valence-electron chi connectivity index (χ2n) is 30.6. The summed E-state index contributed by atoms with van der Waals surface area (Å²) < 4.78 is 7.87. The maximum atomic E-state index is 7.87. The van der Waals surface area contributed by atoms with Crippen LogP contribution in [0.2, 0.25) is 0 Å². The van der Waals surface area contributed by atoms with Gasteiger partial charge in [0.05, 0.1) is 11.4 Å². The van der Waals surface area contributed by atoms with Crippen molar-refractivity contribution in [2.24, 2.45) is 0 Å². The Hall–Kier alpha value is -9.59. The van der Waals surface area contributed by atoms with Crippen LogP contribution in [0.25, 0.3) is 0 Å². The lowest BCUT2D eigenvalue weighted by molar-refractivity contribution is 0.483. The Morgan fingerprint density at radius 1 is 0.301 bits per heavy atom. The predicted molar refractivity (Wildman–Crippen MR) is 400 cm³/mol. The summed E-state index contributed by atoms with van der Waals surface area (Å²) in [6.45, 7) is 34.4. The molecule has 1 N–H and O–H groups in total. The van der Waals surface area contributed by atoms with Crippen molar-refractivity contribution in [2.75, 3.05) is 24.9 Å². The minimum Gasteiger partial charge on any atom is -0.458 e. The van der Waals surface area contributed by atoms with Crippen LogP contribution in [-0.2, 0) is 16.2 Å². The number of hydrogen-bond donors (Lipinski definition) is 1. The van der Waals surface area contributed by atoms with Crippen LogP contribution in [0.4, 0.5) is 79.6 Å². The second kappa shape index (κ2) is 20.0. The minimum atomic E-state index is -0.218. The van der Waals surface area contributed by atoms with E-state index < -0.39 is 0 Å². The quantitative estimate of drug-likeness (QED) is 0.177. The lowest BCUT2D eigenvalue weighted by Gasteiger charge is -2.47. The molecule has 0 fully saturated rings. The van der Waals surface area contributed by atoms with E-state index in [2.05, 4.69) is 323 Å². The predicted octanol–water partition coefficient (Wildman–Crippen LogP) is 16.3. The molecule has 11 aromatic carbocycles. The SMILES string of the molecule is Cc1cc(C)c(N2c3cc4c(cc3B3c5cc6c(cc5Oc5cc(C(C)(C)C)cc2c53)N(c2c(C)cc(C)cc2C)c2cc(C(C)(C)C)cc3c2B6c2ccccc2N3c2ccccc2)B2c3ccccc3N(c3ccccc3)c3cc(C(C)(C)C)cc(c32)N4)c(C)c1. The first-order valence-electron chi connectivity index (χ1n) is 33.5. The van der Waals surface area contributed by atoms with Crippen LogP contribution in [0.3, 0.4) is 0 Å². The molecule has 6 aliphatic heterocycles. The molecule has 0 saturated carbocycles. The van der Waals surface area contributed by atoms with Crippen LogP contribution in [0.15, 0.2) is 194 Å². The zero-order valence-corrected chi connectivity index (χ0v) is 56.4. The Bertz CT molecular complexity index is 5010. The summed E-state index contributed by atoms with van der Waals surface area (Å²) in [6.07, 6.45) is 0. The number of nitrogens with one attached hydrogen (secondary N) is 1. The first-order chi connectivity index (χ1) is 44.5. The molecule has 0 aromatic heterocycles. The van der Waals surface area contributed by atoms with Crippen LogP contribution in [-0.4, -0.2) is 20.1 Å². The average molecular weight is 1210 g/mol. The van der Waals surface area contributed by atoms with Crippen molar-refractivity contribution in [1.82, 2.24) is 0 Å². The van der Waals surface area contributed by atoms with Gasteiger partial charge in [-0.3, -0.25) is 0 Å². The third kappa shape index (κ3) is 8.50. The molecular formula is C84H78B3N5O. The monoisotopic (exact) mass is 1210 g/mol. The number of ether oxygens (including phenoxy) is 1. The molecule has 0 bridgehead atoms. The van der Waals surface area contributed by atoms with Crippen LogP contribution in [0, 0.1) is 41.5 Å². The van der Waals surface area contributed by atoms with Gasteiger partial charge >= 0.3 is 0 Å². The molecule has 0 unspecified atom stereocenters. The molecule has 93 heavy (non-hydrogen) atoms. The summed E-state index contributed by atoms with van der Waals surface area (Å²) in [7, 11) is 0. The van der Waals surface area contributed by atoms with E-state index in [0.29, 0.717) is 0 Å². The van der Waals surface area contributed by atoms with Crippen molar-refractivity contribution in [3.8, 4) is 11.5 Å². The number of aryl methyl sites for hydroxylation is 6. The van der Waals surface area contributed by atoms with Gasteiger partial charge in [0.2, 0.25) is 0 Å². The molecule has 11 aromatic rings. The highest BCUT2D eigenvalue weighted by molar-refractivity contribution is 7.04. The molecule has 0 amide bonds. The molecule has 6 nitrogen and oxygen atoms in total. The Morgan fingerprint density at radius 2 is 0.699 bits per heavy atom. The van der Waals surface area contributed by atoms with Gasteiger partial charge in [-0.1, -0.05) is 183 Å². The van der Waals surface area contributed by atoms with E-state index in [1.807, 2.05) is 0 Å². The maximum Gasteiger partial charge on any atom is 0.256 e. The Labute approximate surface area is 551 Å². The average Bonchev–Trinajstić information content (AvgIpc) is 0.693. The number of nitrogens with zero attached hydrogens (tertiary/aromatic N) is 4. The van der Waals surface area contributed by atoms with E-state index in [0.717, 1.165) is 39.9 Å². The summed E-state index contributed by atoms with van der Waals surface area (Å²) in [6, 6.07) is 75.0. The lowest BCUT2D eigenvalue weighted by atomic mass is 9.29. The maximum absolute atomic E-state index is 7.87. The fourth-order valence-corrected chi connectivity index (χ4v) is 17.1. The number of rotatable bonds is 4. The molecule has 454 valence electrons. The van der Waals surface area contributed by atoms with E-state index >= 15 is 0 Å². The molecule has 0 spiro atoms. The first kappa shape index (κ1) is 57.3. The van der Waals surface area contributed by atoms with Gasteiger partial charge in [-0.2, -0.15) is 0 Å².